The quantitative estimate of drug-likeness (QED) is 0.398. The van der Waals surface area contributed by atoms with Crippen LogP contribution in [0.2, 0.25) is 0 Å². The summed E-state index contributed by atoms with van der Waals surface area (Å²) in [6.07, 6.45) is 1.76. The molecule has 4 N–H and O–H groups in total. The number of nitrogens with one attached hydrogen (secondary N) is 2. The van der Waals surface area contributed by atoms with Gasteiger partial charge in [0.15, 0.2) is 6.17 Å². The van der Waals surface area contributed by atoms with E-state index >= 15 is 0 Å². The van der Waals surface area contributed by atoms with Crippen LogP contribution in [0.5, 0.6) is 0 Å². The second-order valence-corrected chi connectivity index (χ2v) is 5.98. The number of ether oxygens (including phenoxy) is 1. The molecule has 0 aromatic carbocycles. The average Bonchev–Trinajstić information content (AvgIpc) is 2.38. The Kier molecular flexibility index (Phi) is 9.72. The van der Waals surface area contributed by atoms with Crippen molar-refractivity contribution in [3.8, 4) is 0 Å². The SMILES string of the molecule is Cl.NCCCOC(=O)NC(Nc1ncccn1)C(Cl)(Cl)Cl. The molecule has 11 heteroatoms. The second kappa shape index (κ2) is 10.1. The van der Waals surface area contributed by atoms with Crippen LogP contribution in [0.3, 0.4) is 0 Å². The minimum absolute atomic E-state index is 0. The average molecular weight is 379 g/mol. The molecule has 0 aliphatic heterocycles. The number of carbonyl (C=O) groups is 1. The molecule has 21 heavy (non-hydrogen) atoms. The number of rotatable bonds is 6. The summed E-state index contributed by atoms with van der Waals surface area (Å²) >= 11 is 17.3. The molecule has 0 aliphatic rings. The Labute approximate surface area is 143 Å². The van der Waals surface area contributed by atoms with E-state index in [4.69, 9.17) is 45.3 Å². The van der Waals surface area contributed by atoms with Crippen LogP contribution in [0.4, 0.5) is 10.7 Å². The number of alkyl carbamates (subject to hydrolysis) is 1. The number of hydrogen-bond donors (Lipinski definition) is 3. The number of alkyl halides is 3. The summed E-state index contributed by atoms with van der Waals surface area (Å²) in [6.45, 7) is 0.591. The van der Waals surface area contributed by atoms with Gasteiger partial charge in [0.25, 0.3) is 0 Å². The highest BCUT2D eigenvalue weighted by molar-refractivity contribution is 6.68. The van der Waals surface area contributed by atoms with Gasteiger partial charge in [-0.2, -0.15) is 0 Å². The van der Waals surface area contributed by atoms with Crippen molar-refractivity contribution in [2.45, 2.75) is 16.4 Å². The molecular formula is C10H15Cl4N5O2. The van der Waals surface area contributed by atoms with Crippen molar-refractivity contribution in [3.63, 3.8) is 0 Å². The smallest absolute Gasteiger partial charge is 0.408 e. The lowest BCUT2D eigenvalue weighted by atomic mass is 10.5. The predicted octanol–water partition coefficient (Wildman–Crippen LogP) is 2.08. The molecule has 7 nitrogen and oxygen atoms in total. The maximum absolute atomic E-state index is 11.5. The third-order valence-corrected chi connectivity index (χ3v) is 2.66. The van der Waals surface area contributed by atoms with Crippen LogP contribution in [0.15, 0.2) is 18.5 Å². The number of halogens is 4. The van der Waals surface area contributed by atoms with Crippen LogP contribution >= 0.6 is 47.2 Å². The van der Waals surface area contributed by atoms with Crippen molar-refractivity contribution < 1.29 is 9.53 Å². The van der Waals surface area contributed by atoms with E-state index in [9.17, 15) is 4.79 Å². The normalized spacial score (nSPS) is 12.0. The summed E-state index contributed by atoms with van der Waals surface area (Å²) in [6, 6.07) is 1.63. The van der Waals surface area contributed by atoms with Crippen LogP contribution in [-0.4, -0.2) is 39.2 Å². The van der Waals surface area contributed by atoms with Gasteiger partial charge in [-0.15, -0.1) is 12.4 Å². The molecule has 1 heterocycles. The van der Waals surface area contributed by atoms with Gasteiger partial charge in [0.05, 0.1) is 6.61 Å². The first kappa shape index (κ1) is 20.3. The van der Waals surface area contributed by atoms with Crippen LogP contribution in [0.25, 0.3) is 0 Å². The van der Waals surface area contributed by atoms with Crippen molar-refractivity contribution in [2.24, 2.45) is 5.73 Å². The van der Waals surface area contributed by atoms with E-state index in [0.717, 1.165) is 0 Å². The van der Waals surface area contributed by atoms with Crippen molar-refractivity contribution in [1.29, 1.82) is 0 Å². The van der Waals surface area contributed by atoms with E-state index in [1.807, 2.05) is 0 Å². The molecule has 1 unspecified atom stereocenters. The van der Waals surface area contributed by atoms with Crippen molar-refractivity contribution in [3.05, 3.63) is 18.5 Å². The van der Waals surface area contributed by atoms with E-state index in [-0.39, 0.29) is 25.0 Å². The summed E-state index contributed by atoms with van der Waals surface area (Å²) < 4.78 is 3.05. The number of amides is 1. The highest BCUT2D eigenvalue weighted by atomic mass is 35.6. The van der Waals surface area contributed by atoms with Gasteiger partial charge in [-0.1, -0.05) is 34.8 Å². The molecule has 1 aromatic heterocycles. The Morgan fingerprint density at radius 1 is 1.38 bits per heavy atom. The second-order valence-electron chi connectivity index (χ2n) is 3.61. The van der Waals surface area contributed by atoms with Gasteiger partial charge in [-0.3, -0.25) is 5.32 Å². The molecule has 1 atom stereocenters. The fraction of sp³-hybridized carbons (Fsp3) is 0.500. The number of nitrogens with zero attached hydrogens (tertiary/aromatic N) is 2. The topological polar surface area (TPSA) is 102 Å². The highest BCUT2D eigenvalue weighted by Crippen LogP contribution is 2.30. The van der Waals surface area contributed by atoms with Gasteiger partial charge in [-0.05, 0) is 19.0 Å². The van der Waals surface area contributed by atoms with Gasteiger partial charge in [0.2, 0.25) is 9.74 Å². The maximum Gasteiger partial charge on any atom is 0.408 e. The molecule has 0 saturated carbocycles. The molecule has 0 saturated heterocycles. The molecule has 0 radical (unpaired) electrons. The summed E-state index contributed by atoms with van der Waals surface area (Å²) in [5, 5.41) is 5.06. The van der Waals surface area contributed by atoms with Crippen LogP contribution < -0.4 is 16.4 Å². The van der Waals surface area contributed by atoms with Crippen molar-refractivity contribution in [2.75, 3.05) is 18.5 Å². The van der Waals surface area contributed by atoms with Crippen molar-refractivity contribution in [1.82, 2.24) is 15.3 Å². The Morgan fingerprint density at radius 2 is 2.00 bits per heavy atom. The number of carbonyl (C=O) groups excluding carboxylic acids is 1. The lowest BCUT2D eigenvalue weighted by Crippen LogP contribution is -2.49. The zero-order valence-electron chi connectivity index (χ0n) is 10.8. The molecule has 0 bridgehead atoms. The Bertz CT molecular complexity index is 418. The van der Waals surface area contributed by atoms with Gasteiger partial charge >= 0.3 is 6.09 Å². The molecule has 120 valence electrons. The number of aromatic nitrogens is 2. The van der Waals surface area contributed by atoms with Crippen molar-refractivity contribution >= 4 is 59.3 Å². The Hall–Kier alpha value is -0.730. The molecule has 0 aliphatic carbocycles. The first-order valence-electron chi connectivity index (χ1n) is 5.67. The zero-order valence-corrected chi connectivity index (χ0v) is 13.8. The molecule has 1 amide bonds. The number of nitrogens with two attached hydrogens (primary N) is 1. The zero-order chi connectivity index (χ0) is 15.0. The minimum atomic E-state index is -1.81. The van der Waals surface area contributed by atoms with E-state index in [1.54, 1.807) is 6.07 Å². The maximum atomic E-state index is 11.5. The van der Waals surface area contributed by atoms with E-state index in [0.29, 0.717) is 13.0 Å². The van der Waals surface area contributed by atoms with E-state index in [1.165, 1.54) is 12.4 Å². The Balaban J connectivity index is 0.00000400. The highest BCUT2D eigenvalue weighted by Gasteiger charge is 2.35. The van der Waals surface area contributed by atoms with Crippen LogP contribution in [0, 0.1) is 0 Å². The lowest BCUT2D eigenvalue weighted by Gasteiger charge is -2.25. The predicted molar refractivity (Wildman–Crippen MR) is 85.1 cm³/mol. The first-order valence-corrected chi connectivity index (χ1v) is 6.80. The van der Waals surface area contributed by atoms with E-state index in [2.05, 4.69) is 20.6 Å². The third kappa shape index (κ3) is 8.33. The van der Waals surface area contributed by atoms with Crippen LogP contribution in [-0.2, 0) is 4.74 Å². The van der Waals surface area contributed by atoms with Gasteiger partial charge in [0.1, 0.15) is 0 Å². The molecule has 1 rings (SSSR count). The molecular weight excluding hydrogens is 364 g/mol. The summed E-state index contributed by atoms with van der Waals surface area (Å²) in [5.41, 5.74) is 5.28. The lowest BCUT2D eigenvalue weighted by molar-refractivity contribution is 0.142. The minimum Gasteiger partial charge on any atom is -0.449 e. The Morgan fingerprint density at radius 3 is 2.52 bits per heavy atom. The van der Waals surface area contributed by atoms with E-state index < -0.39 is 16.1 Å². The summed E-state index contributed by atoms with van der Waals surface area (Å²) in [7, 11) is 0. The van der Waals surface area contributed by atoms with Crippen LogP contribution in [0.1, 0.15) is 6.42 Å². The standard InChI is InChI=1S/C10H14Cl3N5O2.ClH/c11-10(12,13)7(17-8-15-4-2-5-16-8)18-9(19)20-6-1-3-14;/h2,4-5,7H,1,3,6,14H2,(H,18,19)(H,15,16,17);1H. The molecule has 0 fully saturated rings. The number of anilines is 1. The third-order valence-electron chi connectivity index (χ3n) is 2.01. The van der Waals surface area contributed by atoms with Gasteiger partial charge in [0, 0.05) is 12.4 Å². The summed E-state index contributed by atoms with van der Waals surface area (Å²) in [4.78, 5) is 19.4. The molecule has 1 aromatic rings. The first-order chi connectivity index (χ1) is 9.43. The monoisotopic (exact) mass is 377 g/mol. The largest absolute Gasteiger partial charge is 0.449 e. The fourth-order valence-electron chi connectivity index (χ4n) is 1.11. The number of hydrogen-bond acceptors (Lipinski definition) is 6. The molecule has 0 spiro atoms. The fourth-order valence-corrected chi connectivity index (χ4v) is 1.44. The summed E-state index contributed by atoms with van der Waals surface area (Å²) in [5.74, 6) is 0.200. The van der Waals surface area contributed by atoms with Gasteiger partial charge in [-0.25, -0.2) is 14.8 Å². The van der Waals surface area contributed by atoms with Gasteiger partial charge < -0.3 is 15.8 Å².